The fourth-order valence-corrected chi connectivity index (χ4v) is 7.57. The van der Waals surface area contributed by atoms with Gasteiger partial charge in [-0.2, -0.15) is 0 Å². The molecule has 0 aliphatic carbocycles. The third kappa shape index (κ3) is 28.1. The Bertz CT molecular complexity index is 1070. The molecule has 352 valence electrons. The second-order valence-corrected chi connectivity index (χ2v) is 17.2. The second-order valence-electron chi connectivity index (χ2n) is 17.2. The van der Waals surface area contributed by atoms with Gasteiger partial charge in [-0.25, -0.2) is 0 Å². The zero-order chi connectivity index (χ0) is 44.1. The molecule has 1 fully saturated rings. The average molecular weight is 854 g/mol. The predicted octanol–water partition coefficient (Wildman–Crippen LogP) is 8.39. The van der Waals surface area contributed by atoms with Crippen LogP contribution in [0.1, 0.15) is 200 Å². The van der Waals surface area contributed by atoms with Gasteiger partial charge in [-0.3, -0.25) is 4.79 Å². The summed E-state index contributed by atoms with van der Waals surface area (Å²) in [4.78, 5) is 13.0. The summed E-state index contributed by atoms with van der Waals surface area (Å²) in [5, 5.41) is 75.6. The Hall–Kier alpha value is -1.67. The van der Waals surface area contributed by atoms with Gasteiger partial charge in [-0.05, 0) is 77.0 Å². The summed E-state index contributed by atoms with van der Waals surface area (Å²) < 4.78 is 11.1. The van der Waals surface area contributed by atoms with Gasteiger partial charge in [-0.1, -0.05) is 159 Å². The summed E-state index contributed by atoms with van der Waals surface area (Å²) in [5.74, 6) is -0.722. The van der Waals surface area contributed by atoms with Crippen LogP contribution in [0.25, 0.3) is 0 Å². The minimum atomic E-state index is -1.67. The zero-order valence-corrected chi connectivity index (χ0v) is 37.9. The molecule has 1 heterocycles. The summed E-state index contributed by atoms with van der Waals surface area (Å²) >= 11 is 0. The lowest BCUT2D eigenvalue weighted by Crippen LogP contribution is -2.60. The van der Waals surface area contributed by atoms with Crippen molar-refractivity contribution < 1.29 is 50.0 Å². The number of carbonyl (C=O) groups is 1. The lowest BCUT2D eigenvalue weighted by molar-refractivity contribution is -0.303. The number of carbonyl (C=O) groups excluding carboxylic acids is 1. The Morgan fingerprint density at radius 1 is 0.567 bits per heavy atom. The summed E-state index contributed by atoms with van der Waals surface area (Å²) in [6, 6.07) is -1.19. The van der Waals surface area contributed by atoms with Crippen LogP contribution in [0, 0.1) is 0 Å². The number of aliphatic hydroxyl groups excluding tert-OH is 7. The van der Waals surface area contributed by atoms with Crippen molar-refractivity contribution in [2.45, 2.75) is 255 Å². The maximum atomic E-state index is 13.0. The molecule has 11 nitrogen and oxygen atoms in total. The lowest BCUT2D eigenvalue weighted by atomic mass is 9.98. The topological polar surface area (TPSA) is 189 Å². The van der Waals surface area contributed by atoms with Crippen LogP contribution >= 0.6 is 0 Å². The van der Waals surface area contributed by atoms with Gasteiger partial charge in [-0.15, -0.1) is 0 Å². The first kappa shape index (κ1) is 56.3. The minimum absolute atomic E-state index is 0.235. The largest absolute Gasteiger partial charge is 0.394 e. The number of allylic oxidation sites excluding steroid dienone is 6. The van der Waals surface area contributed by atoms with Crippen molar-refractivity contribution in [1.29, 1.82) is 0 Å². The van der Waals surface area contributed by atoms with Gasteiger partial charge in [0.15, 0.2) is 6.29 Å². The molecule has 1 aliphatic rings. The van der Waals surface area contributed by atoms with E-state index in [4.69, 9.17) is 9.47 Å². The molecule has 9 atom stereocenters. The molecule has 0 aromatic carbocycles. The van der Waals surface area contributed by atoms with Crippen molar-refractivity contribution >= 4 is 5.91 Å². The Labute approximate surface area is 365 Å². The van der Waals surface area contributed by atoms with Crippen LogP contribution in [0.2, 0.25) is 0 Å². The molecular weight excluding hydrogens is 763 g/mol. The number of unbranched alkanes of at least 4 members (excludes halogenated alkanes) is 22. The van der Waals surface area contributed by atoms with Crippen LogP contribution in [0.4, 0.5) is 0 Å². The van der Waals surface area contributed by atoms with Crippen LogP contribution in [-0.2, 0) is 14.3 Å². The van der Waals surface area contributed by atoms with E-state index in [1.807, 2.05) is 0 Å². The SMILES string of the molecule is CCCCC/C=C\CCCCCCC(O)C(=O)NC(COC1OC(CO)C(O)C(O)C1O)C(O)C(O)CCC/C=C/CC/C=C/CCCCCCCCCCCCCCC. The average Bonchev–Trinajstić information content (AvgIpc) is 3.25. The van der Waals surface area contributed by atoms with E-state index < -0.39 is 74.2 Å². The normalized spacial score (nSPS) is 21.9. The molecule has 60 heavy (non-hydrogen) atoms. The Morgan fingerprint density at radius 3 is 1.52 bits per heavy atom. The summed E-state index contributed by atoms with van der Waals surface area (Å²) in [6.45, 7) is 3.38. The van der Waals surface area contributed by atoms with Crippen molar-refractivity contribution in [3.8, 4) is 0 Å². The monoisotopic (exact) mass is 854 g/mol. The van der Waals surface area contributed by atoms with E-state index in [2.05, 4.69) is 55.6 Å². The number of ether oxygens (including phenoxy) is 2. The highest BCUT2D eigenvalue weighted by atomic mass is 16.7. The molecule has 1 saturated heterocycles. The van der Waals surface area contributed by atoms with E-state index >= 15 is 0 Å². The number of aliphatic hydroxyl groups is 7. The van der Waals surface area contributed by atoms with Gasteiger partial charge in [0.25, 0.3) is 0 Å². The van der Waals surface area contributed by atoms with Crippen LogP contribution < -0.4 is 5.32 Å². The smallest absolute Gasteiger partial charge is 0.249 e. The standard InChI is InChI=1S/C49H91NO10/c1-3-5-7-9-11-13-15-16-17-18-19-20-21-22-23-24-25-27-28-30-32-34-36-41(52)44(54)40(39-59-49-47(57)46(56)45(55)43(38-51)60-49)50-48(58)42(53)37-35-33-31-29-26-14-12-10-8-6-4-2/h12,14,23-24,28,30,40-47,49,51-57H,3-11,13,15-22,25-27,29,31-39H2,1-2H3,(H,50,58)/b14-12-,24-23+,30-28+. The molecule has 0 saturated carbocycles. The first-order valence-electron chi connectivity index (χ1n) is 24.4. The molecule has 11 heteroatoms. The third-order valence-corrected chi connectivity index (χ3v) is 11.6. The number of amides is 1. The van der Waals surface area contributed by atoms with E-state index in [9.17, 15) is 40.5 Å². The molecule has 0 aromatic rings. The van der Waals surface area contributed by atoms with Gasteiger partial charge >= 0.3 is 0 Å². The van der Waals surface area contributed by atoms with Gasteiger partial charge in [0, 0.05) is 0 Å². The van der Waals surface area contributed by atoms with Gasteiger partial charge < -0.3 is 50.5 Å². The van der Waals surface area contributed by atoms with Crippen molar-refractivity contribution in [2.24, 2.45) is 0 Å². The minimum Gasteiger partial charge on any atom is -0.394 e. The number of hydrogen-bond donors (Lipinski definition) is 8. The van der Waals surface area contributed by atoms with Crippen LogP contribution in [0.15, 0.2) is 36.5 Å². The second kappa shape index (κ2) is 39.0. The van der Waals surface area contributed by atoms with Crippen LogP contribution in [-0.4, -0.2) is 110 Å². The maximum absolute atomic E-state index is 13.0. The summed E-state index contributed by atoms with van der Waals surface area (Å²) in [6.07, 6.45) is 33.5. The Balaban J connectivity index is 2.43. The molecule has 1 amide bonds. The predicted molar refractivity (Wildman–Crippen MR) is 242 cm³/mol. The maximum Gasteiger partial charge on any atom is 0.249 e. The third-order valence-electron chi connectivity index (χ3n) is 11.6. The quantitative estimate of drug-likeness (QED) is 0.0220. The molecule has 0 bridgehead atoms. The Kier molecular flexibility index (Phi) is 36.6. The summed E-state index contributed by atoms with van der Waals surface area (Å²) in [5.41, 5.74) is 0. The van der Waals surface area contributed by atoms with Crippen molar-refractivity contribution in [3.63, 3.8) is 0 Å². The van der Waals surface area contributed by atoms with E-state index in [1.54, 1.807) is 0 Å². The fraction of sp³-hybridized carbons (Fsp3) is 0.857. The lowest BCUT2D eigenvalue weighted by Gasteiger charge is -2.40. The van der Waals surface area contributed by atoms with Gasteiger partial charge in [0.05, 0.1) is 25.4 Å². The number of hydrogen-bond acceptors (Lipinski definition) is 10. The van der Waals surface area contributed by atoms with E-state index in [1.165, 1.54) is 103 Å². The van der Waals surface area contributed by atoms with Crippen molar-refractivity contribution in [2.75, 3.05) is 13.2 Å². The fourth-order valence-electron chi connectivity index (χ4n) is 7.57. The Morgan fingerprint density at radius 2 is 1.00 bits per heavy atom. The van der Waals surface area contributed by atoms with Crippen LogP contribution in [0.3, 0.4) is 0 Å². The molecule has 8 N–H and O–H groups in total. The first-order chi connectivity index (χ1) is 29.2. The molecule has 0 spiro atoms. The number of rotatable bonds is 40. The van der Waals surface area contributed by atoms with Crippen molar-refractivity contribution in [3.05, 3.63) is 36.5 Å². The van der Waals surface area contributed by atoms with Crippen LogP contribution in [0.5, 0.6) is 0 Å². The highest BCUT2D eigenvalue weighted by molar-refractivity contribution is 5.80. The van der Waals surface area contributed by atoms with Crippen molar-refractivity contribution in [1.82, 2.24) is 5.32 Å². The number of nitrogens with one attached hydrogen (secondary N) is 1. The molecule has 9 unspecified atom stereocenters. The van der Waals surface area contributed by atoms with Gasteiger partial charge in [0.2, 0.25) is 5.91 Å². The summed E-state index contributed by atoms with van der Waals surface area (Å²) in [7, 11) is 0. The zero-order valence-electron chi connectivity index (χ0n) is 37.9. The first-order valence-corrected chi connectivity index (χ1v) is 24.4. The molecule has 1 aliphatic heterocycles. The molecule has 1 rings (SSSR count). The molecule has 0 radical (unpaired) electrons. The van der Waals surface area contributed by atoms with Gasteiger partial charge in [0.1, 0.15) is 36.6 Å². The molecular formula is C49H91NO10. The molecule has 0 aromatic heterocycles. The van der Waals surface area contributed by atoms with E-state index in [0.717, 1.165) is 51.4 Å². The highest BCUT2D eigenvalue weighted by Crippen LogP contribution is 2.23. The van der Waals surface area contributed by atoms with E-state index in [-0.39, 0.29) is 12.8 Å². The van der Waals surface area contributed by atoms with E-state index in [0.29, 0.717) is 19.3 Å². The highest BCUT2D eigenvalue weighted by Gasteiger charge is 2.44.